The first-order chi connectivity index (χ1) is 16.2. The van der Waals surface area contributed by atoms with Crippen LogP contribution in [0.15, 0.2) is 71.5 Å². The number of halogens is 1. The fraction of sp³-hybridized carbons (Fsp3) is 0.296. The Morgan fingerprint density at radius 3 is 2.24 bits per heavy atom. The average molecular weight is 523 g/mol. The van der Waals surface area contributed by atoms with Crippen molar-refractivity contribution in [2.45, 2.75) is 44.8 Å². The van der Waals surface area contributed by atoms with Crippen LogP contribution in [0.1, 0.15) is 43.4 Å². The lowest BCUT2D eigenvalue weighted by atomic mass is 9.98. The minimum Gasteiger partial charge on any atom is -0.458 e. The number of ether oxygens (including phenoxy) is 2. The number of hydrogen-bond acceptors (Lipinski definition) is 5. The predicted molar refractivity (Wildman–Crippen MR) is 133 cm³/mol. The fourth-order valence-electron chi connectivity index (χ4n) is 4.15. The second-order valence-electron chi connectivity index (χ2n) is 9.27. The van der Waals surface area contributed by atoms with Crippen molar-refractivity contribution in [1.82, 2.24) is 10.3 Å². The number of fused-ring (bicyclic) bond motifs is 3. The van der Waals surface area contributed by atoms with Crippen molar-refractivity contribution in [3.05, 3.63) is 88.2 Å². The molecular formula is C27H27BrN2O4. The largest absolute Gasteiger partial charge is 0.458 e. The molecule has 0 fully saturated rings. The normalized spacial score (nSPS) is 13.5. The Labute approximate surface area is 207 Å². The maximum absolute atomic E-state index is 12.8. The summed E-state index contributed by atoms with van der Waals surface area (Å²) in [5.74, 6) is -0.589. The van der Waals surface area contributed by atoms with Gasteiger partial charge in [0, 0.05) is 29.2 Å². The van der Waals surface area contributed by atoms with Crippen LogP contribution in [0.25, 0.3) is 11.1 Å². The van der Waals surface area contributed by atoms with Crippen LogP contribution in [-0.2, 0) is 20.7 Å². The number of nitrogens with zero attached hydrogens (tertiary/aromatic N) is 1. The van der Waals surface area contributed by atoms with Gasteiger partial charge in [-0.15, -0.1) is 0 Å². The number of aromatic nitrogens is 1. The predicted octanol–water partition coefficient (Wildman–Crippen LogP) is 5.64. The number of nitrogens with one attached hydrogen (secondary N) is 1. The molecule has 1 aliphatic rings. The van der Waals surface area contributed by atoms with Crippen molar-refractivity contribution >= 4 is 28.0 Å². The summed E-state index contributed by atoms with van der Waals surface area (Å²) in [6, 6.07) is 17.2. The van der Waals surface area contributed by atoms with E-state index < -0.39 is 23.7 Å². The molecule has 2 aromatic carbocycles. The van der Waals surface area contributed by atoms with Crippen LogP contribution in [0.5, 0.6) is 0 Å². The van der Waals surface area contributed by atoms with Gasteiger partial charge in [-0.05, 0) is 70.6 Å². The van der Waals surface area contributed by atoms with Gasteiger partial charge < -0.3 is 14.8 Å². The smallest absolute Gasteiger partial charge is 0.407 e. The molecule has 4 rings (SSSR count). The molecule has 1 amide bonds. The fourth-order valence-corrected chi connectivity index (χ4v) is 4.56. The number of esters is 1. The first-order valence-corrected chi connectivity index (χ1v) is 11.9. The highest BCUT2D eigenvalue weighted by atomic mass is 79.9. The number of amides is 1. The summed E-state index contributed by atoms with van der Waals surface area (Å²) in [6.45, 7) is 5.53. The Morgan fingerprint density at radius 1 is 1.03 bits per heavy atom. The van der Waals surface area contributed by atoms with Gasteiger partial charge in [0.2, 0.25) is 0 Å². The molecule has 0 spiro atoms. The van der Waals surface area contributed by atoms with Gasteiger partial charge in [0.25, 0.3) is 0 Å². The minimum absolute atomic E-state index is 0.0626. The summed E-state index contributed by atoms with van der Waals surface area (Å²) in [5, 5.41) is 2.70. The molecule has 34 heavy (non-hydrogen) atoms. The quantitative estimate of drug-likeness (QED) is 0.424. The van der Waals surface area contributed by atoms with E-state index in [1.807, 2.05) is 30.3 Å². The van der Waals surface area contributed by atoms with Crippen LogP contribution in [-0.4, -0.2) is 35.3 Å². The zero-order valence-electron chi connectivity index (χ0n) is 19.4. The summed E-state index contributed by atoms with van der Waals surface area (Å²) in [4.78, 5) is 29.8. The molecule has 0 bridgehead atoms. The van der Waals surface area contributed by atoms with Gasteiger partial charge in [-0.25, -0.2) is 9.59 Å². The maximum atomic E-state index is 12.8. The van der Waals surface area contributed by atoms with E-state index in [9.17, 15) is 9.59 Å². The van der Waals surface area contributed by atoms with E-state index in [2.05, 4.69) is 50.5 Å². The monoisotopic (exact) mass is 522 g/mol. The Kier molecular flexibility index (Phi) is 7.03. The topological polar surface area (TPSA) is 77.5 Å². The lowest BCUT2D eigenvalue weighted by Crippen LogP contribution is -2.46. The van der Waals surface area contributed by atoms with Gasteiger partial charge in [-0.2, -0.15) is 0 Å². The van der Waals surface area contributed by atoms with Crippen molar-refractivity contribution in [1.29, 1.82) is 0 Å². The molecule has 1 aromatic heterocycles. The second-order valence-corrected chi connectivity index (χ2v) is 10.2. The van der Waals surface area contributed by atoms with E-state index in [-0.39, 0.29) is 18.9 Å². The molecule has 1 atom stereocenters. The number of carbonyl (C=O) groups is 2. The van der Waals surface area contributed by atoms with E-state index >= 15 is 0 Å². The third-order valence-electron chi connectivity index (χ3n) is 5.53. The van der Waals surface area contributed by atoms with Crippen molar-refractivity contribution < 1.29 is 19.1 Å². The molecule has 1 heterocycles. The molecule has 0 saturated heterocycles. The number of carbonyl (C=O) groups excluding carboxylic acids is 2. The molecule has 7 heteroatoms. The molecule has 3 aromatic rings. The van der Waals surface area contributed by atoms with Crippen molar-refractivity contribution in [2.24, 2.45) is 0 Å². The van der Waals surface area contributed by atoms with E-state index in [0.717, 1.165) is 32.3 Å². The number of rotatable bonds is 6. The summed E-state index contributed by atoms with van der Waals surface area (Å²) in [6.07, 6.45) is 2.87. The summed E-state index contributed by atoms with van der Waals surface area (Å²) in [5.41, 5.74) is 4.65. The van der Waals surface area contributed by atoms with Crippen LogP contribution < -0.4 is 5.32 Å². The van der Waals surface area contributed by atoms with Gasteiger partial charge in [0.1, 0.15) is 18.2 Å². The second kappa shape index (κ2) is 9.97. The molecule has 1 aliphatic carbocycles. The SMILES string of the molecule is CC(C)(C)OC(=O)[C@H](Cc1cncc(Br)c1)NC(=O)OCC1c2ccccc2-c2ccccc21. The lowest BCUT2D eigenvalue weighted by Gasteiger charge is -2.24. The lowest BCUT2D eigenvalue weighted by molar-refractivity contribution is -0.157. The Balaban J connectivity index is 1.47. The van der Waals surface area contributed by atoms with E-state index in [0.29, 0.717) is 0 Å². The highest BCUT2D eigenvalue weighted by molar-refractivity contribution is 9.10. The third-order valence-corrected chi connectivity index (χ3v) is 5.96. The molecular weight excluding hydrogens is 496 g/mol. The van der Waals surface area contributed by atoms with Crippen molar-refractivity contribution in [3.63, 3.8) is 0 Å². The molecule has 0 aliphatic heterocycles. The molecule has 1 N–H and O–H groups in total. The minimum atomic E-state index is -0.911. The zero-order chi connectivity index (χ0) is 24.3. The van der Waals surface area contributed by atoms with Crippen LogP contribution in [0.3, 0.4) is 0 Å². The van der Waals surface area contributed by atoms with Crippen molar-refractivity contribution in [3.8, 4) is 11.1 Å². The van der Waals surface area contributed by atoms with Gasteiger partial charge in [0.05, 0.1) is 0 Å². The van der Waals surface area contributed by atoms with E-state index in [1.54, 1.807) is 33.2 Å². The van der Waals surface area contributed by atoms with Gasteiger partial charge in [0.15, 0.2) is 0 Å². The van der Waals surface area contributed by atoms with Gasteiger partial charge in [-0.1, -0.05) is 48.5 Å². The number of hydrogen-bond donors (Lipinski definition) is 1. The van der Waals surface area contributed by atoms with E-state index in [4.69, 9.17) is 9.47 Å². The van der Waals surface area contributed by atoms with Crippen LogP contribution in [0.2, 0.25) is 0 Å². The first-order valence-electron chi connectivity index (χ1n) is 11.1. The Hall–Kier alpha value is -3.19. The Morgan fingerprint density at radius 2 is 1.65 bits per heavy atom. The Bertz CT molecular complexity index is 1160. The number of benzene rings is 2. The van der Waals surface area contributed by atoms with Gasteiger partial charge in [-0.3, -0.25) is 4.98 Å². The summed E-state index contributed by atoms with van der Waals surface area (Å²) in [7, 11) is 0. The summed E-state index contributed by atoms with van der Waals surface area (Å²) < 4.78 is 11.9. The standard InChI is InChI=1S/C27H27BrN2O4/c1-27(2,3)34-25(31)24(13-17-12-18(28)15-29-14-17)30-26(32)33-16-23-21-10-6-4-8-19(21)20-9-5-7-11-22(20)23/h4-12,14-15,23-24H,13,16H2,1-3H3,(H,30,32)/t24-/m0/s1. The zero-order valence-corrected chi connectivity index (χ0v) is 21.0. The summed E-state index contributed by atoms with van der Waals surface area (Å²) >= 11 is 3.39. The van der Waals surface area contributed by atoms with Crippen molar-refractivity contribution in [2.75, 3.05) is 6.61 Å². The highest BCUT2D eigenvalue weighted by Crippen LogP contribution is 2.44. The highest BCUT2D eigenvalue weighted by Gasteiger charge is 2.31. The first kappa shape index (κ1) is 24.0. The van der Waals surface area contributed by atoms with E-state index in [1.165, 1.54) is 0 Å². The average Bonchev–Trinajstić information content (AvgIpc) is 3.10. The number of pyridine rings is 1. The molecule has 0 radical (unpaired) electrons. The number of alkyl carbamates (subject to hydrolysis) is 1. The molecule has 176 valence electrons. The van der Waals surface area contributed by atoms with Gasteiger partial charge >= 0.3 is 12.1 Å². The molecule has 6 nitrogen and oxygen atoms in total. The van der Waals surface area contributed by atoms with Crippen LogP contribution >= 0.6 is 15.9 Å². The van der Waals surface area contributed by atoms with Crippen LogP contribution in [0.4, 0.5) is 4.79 Å². The molecule has 0 unspecified atom stereocenters. The van der Waals surface area contributed by atoms with Crippen LogP contribution in [0, 0.1) is 0 Å². The molecule has 0 saturated carbocycles. The maximum Gasteiger partial charge on any atom is 0.407 e. The third kappa shape index (κ3) is 5.65.